The smallest absolute Gasteiger partial charge is 0.404 e. The Morgan fingerprint density at radius 2 is 1.95 bits per heavy atom. The maximum absolute atomic E-state index is 14.6. The van der Waals surface area contributed by atoms with Gasteiger partial charge in [0.2, 0.25) is 5.91 Å². The molecular weight excluding hydrogens is 499 g/mol. The number of nitrogens with two attached hydrogens (primary N) is 1. The summed E-state index contributed by atoms with van der Waals surface area (Å²) in [5.41, 5.74) is 2.67. The summed E-state index contributed by atoms with van der Waals surface area (Å²) in [4.78, 5) is 32.9. The van der Waals surface area contributed by atoms with Gasteiger partial charge in [-0.3, -0.25) is 19.6 Å². The summed E-state index contributed by atoms with van der Waals surface area (Å²) in [7, 11) is 0. The first-order valence-corrected chi connectivity index (χ1v) is 10.8. The minimum Gasteiger partial charge on any atom is -0.404 e. The Morgan fingerprint density at radius 3 is 2.51 bits per heavy atom. The van der Waals surface area contributed by atoms with Gasteiger partial charge in [-0.15, -0.1) is 0 Å². The number of allylic oxidation sites excluding steroid dienone is 1. The second-order valence-corrected chi connectivity index (χ2v) is 8.30. The molecule has 0 spiro atoms. The van der Waals surface area contributed by atoms with E-state index in [-0.39, 0.29) is 23.5 Å². The number of nitrogens with zero attached hydrogens (tertiary/aromatic N) is 2. The number of carbonyl (C=O) groups is 2. The quantitative estimate of drug-likeness (QED) is 0.227. The van der Waals surface area contributed by atoms with E-state index in [9.17, 15) is 31.5 Å². The Balaban J connectivity index is 1.64. The number of hydrogen-bond acceptors (Lipinski definition) is 6. The minimum atomic E-state index is -4.84. The molecular formula is C24H23F5N6O2. The van der Waals surface area contributed by atoms with E-state index in [1.165, 1.54) is 6.21 Å². The van der Waals surface area contributed by atoms with Crippen molar-refractivity contribution < 1.29 is 31.5 Å². The topological polar surface area (TPSA) is 121 Å². The molecule has 37 heavy (non-hydrogen) atoms. The summed E-state index contributed by atoms with van der Waals surface area (Å²) in [6.45, 7) is 4.86. The van der Waals surface area contributed by atoms with Gasteiger partial charge < -0.3 is 21.7 Å². The number of benzene rings is 1. The van der Waals surface area contributed by atoms with Crippen molar-refractivity contribution in [3.63, 3.8) is 0 Å². The first-order valence-electron chi connectivity index (χ1n) is 10.8. The minimum absolute atomic E-state index is 0.0210. The van der Waals surface area contributed by atoms with Crippen LogP contribution in [-0.4, -0.2) is 28.6 Å². The van der Waals surface area contributed by atoms with E-state index in [2.05, 4.69) is 32.5 Å². The van der Waals surface area contributed by atoms with Crippen LogP contribution in [0.3, 0.4) is 0 Å². The van der Waals surface area contributed by atoms with Gasteiger partial charge in [0.25, 0.3) is 5.91 Å². The van der Waals surface area contributed by atoms with Crippen molar-refractivity contribution in [3.05, 3.63) is 77.4 Å². The average Bonchev–Trinajstić information content (AvgIpc) is 3.59. The molecule has 0 unspecified atom stereocenters. The molecule has 0 bridgehead atoms. The van der Waals surface area contributed by atoms with Crippen LogP contribution in [0.1, 0.15) is 31.0 Å². The van der Waals surface area contributed by atoms with Crippen molar-refractivity contribution in [2.24, 2.45) is 10.7 Å². The number of amides is 2. The van der Waals surface area contributed by atoms with Gasteiger partial charge >= 0.3 is 6.18 Å². The first-order chi connectivity index (χ1) is 17.3. The summed E-state index contributed by atoms with van der Waals surface area (Å²) in [5.74, 6) is -3.18. The number of carbonyl (C=O) groups excluding carboxylic acids is 2. The standard InChI is InChI=1S/C24H23F5N6O2/c1-13(2)31-10-14(9-30)21(36)35-23(5-6-23)22(37)33-12-20-18(26)8-16(11-32-20)34-19-4-3-15(25)7-17(19)24(27,28)29/h3-4,7-11,34H,1,5-6,12,30H2,2H3,(H,33,37)(H,35,36)/b14-9+,31-10-. The van der Waals surface area contributed by atoms with Gasteiger partial charge in [0.1, 0.15) is 17.2 Å². The zero-order valence-electron chi connectivity index (χ0n) is 19.5. The van der Waals surface area contributed by atoms with Crippen molar-refractivity contribution in [2.45, 2.75) is 38.0 Å². The molecule has 1 saturated carbocycles. The van der Waals surface area contributed by atoms with Crippen LogP contribution in [0.15, 0.2) is 59.5 Å². The number of aliphatic imine (C=N–C) groups is 1. The first kappa shape index (κ1) is 27.3. The number of anilines is 2. The maximum Gasteiger partial charge on any atom is 0.418 e. The normalized spacial score (nSPS) is 14.8. The second kappa shape index (κ2) is 10.8. The van der Waals surface area contributed by atoms with E-state index < -0.39 is 46.4 Å². The van der Waals surface area contributed by atoms with Crippen LogP contribution in [0.2, 0.25) is 0 Å². The van der Waals surface area contributed by atoms with Gasteiger partial charge in [-0.1, -0.05) is 6.58 Å². The van der Waals surface area contributed by atoms with E-state index in [1.807, 2.05) is 0 Å². The lowest BCUT2D eigenvalue weighted by molar-refractivity contribution is -0.137. The highest BCUT2D eigenvalue weighted by Crippen LogP contribution is 2.37. The zero-order chi connectivity index (χ0) is 27.4. The molecule has 1 fully saturated rings. The Labute approximate surface area is 208 Å². The molecule has 0 aliphatic heterocycles. The van der Waals surface area contributed by atoms with Crippen LogP contribution in [0.5, 0.6) is 0 Å². The predicted molar refractivity (Wildman–Crippen MR) is 126 cm³/mol. The number of nitrogens with one attached hydrogen (secondary N) is 3. The molecule has 0 saturated heterocycles. The van der Waals surface area contributed by atoms with Crippen LogP contribution < -0.4 is 21.7 Å². The van der Waals surface area contributed by atoms with Crippen molar-refractivity contribution >= 4 is 29.4 Å². The highest BCUT2D eigenvalue weighted by molar-refractivity contribution is 6.13. The molecule has 1 aliphatic carbocycles. The van der Waals surface area contributed by atoms with Gasteiger partial charge in [0.15, 0.2) is 0 Å². The Kier molecular flexibility index (Phi) is 7.94. The number of halogens is 5. The number of rotatable bonds is 9. The summed E-state index contributed by atoms with van der Waals surface area (Å²) >= 11 is 0. The lowest BCUT2D eigenvalue weighted by Crippen LogP contribution is -2.49. The monoisotopic (exact) mass is 522 g/mol. The van der Waals surface area contributed by atoms with E-state index in [4.69, 9.17) is 5.73 Å². The van der Waals surface area contributed by atoms with Crippen LogP contribution in [0.4, 0.5) is 33.3 Å². The van der Waals surface area contributed by atoms with Crippen molar-refractivity contribution in [1.82, 2.24) is 15.6 Å². The van der Waals surface area contributed by atoms with E-state index in [0.717, 1.165) is 30.6 Å². The third-order valence-corrected chi connectivity index (χ3v) is 5.30. The van der Waals surface area contributed by atoms with Gasteiger partial charge in [-0.25, -0.2) is 8.78 Å². The van der Waals surface area contributed by atoms with Crippen LogP contribution in [0.25, 0.3) is 0 Å². The van der Waals surface area contributed by atoms with Gasteiger partial charge in [0.05, 0.1) is 40.9 Å². The number of aromatic nitrogens is 1. The van der Waals surface area contributed by atoms with Crippen LogP contribution in [-0.2, 0) is 22.3 Å². The predicted octanol–water partition coefficient (Wildman–Crippen LogP) is 3.83. The maximum atomic E-state index is 14.6. The van der Waals surface area contributed by atoms with Crippen LogP contribution in [0, 0.1) is 11.6 Å². The average molecular weight is 522 g/mol. The third kappa shape index (κ3) is 6.90. The molecule has 8 nitrogen and oxygen atoms in total. The lowest BCUT2D eigenvalue weighted by atomic mass is 10.1. The number of alkyl halides is 3. The molecule has 0 atom stereocenters. The molecule has 0 radical (unpaired) electrons. The van der Waals surface area contributed by atoms with Crippen molar-refractivity contribution in [1.29, 1.82) is 0 Å². The van der Waals surface area contributed by atoms with Gasteiger partial charge in [0, 0.05) is 24.2 Å². The highest BCUT2D eigenvalue weighted by atomic mass is 19.4. The number of hydrogen-bond donors (Lipinski definition) is 4. The largest absolute Gasteiger partial charge is 0.418 e. The second-order valence-electron chi connectivity index (χ2n) is 8.30. The zero-order valence-corrected chi connectivity index (χ0v) is 19.5. The Bertz CT molecular complexity index is 1280. The summed E-state index contributed by atoms with van der Waals surface area (Å²) in [5, 5.41) is 7.45. The third-order valence-electron chi connectivity index (χ3n) is 5.30. The molecule has 1 aromatic heterocycles. The summed E-state index contributed by atoms with van der Waals surface area (Å²) < 4.78 is 67.4. The van der Waals surface area contributed by atoms with Crippen molar-refractivity contribution in [2.75, 3.05) is 5.32 Å². The molecule has 13 heteroatoms. The summed E-state index contributed by atoms with van der Waals surface area (Å²) in [6, 6.07) is 2.93. The van der Waals surface area contributed by atoms with Crippen LogP contribution >= 0.6 is 0 Å². The fraction of sp³-hybridized carbons (Fsp3) is 0.250. The van der Waals surface area contributed by atoms with E-state index in [1.54, 1.807) is 6.92 Å². The highest BCUT2D eigenvalue weighted by Gasteiger charge is 2.51. The van der Waals surface area contributed by atoms with E-state index in [0.29, 0.717) is 24.6 Å². The number of pyridine rings is 1. The molecule has 1 heterocycles. The molecule has 1 aromatic carbocycles. The molecule has 196 valence electrons. The van der Waals surface area contributed by atoms with E-state index >= 15 is 0 Å². The lowest BCUT2D eigenvalue weighted by Gasteiger charge is -2.18. The fourth-order valence-corrected chi connectivity index (χ4v) is 3.19. The molecule has 5 N–H and O–H groups in total. The Hall–Kier alpha value is -4.29. The van der Waals surface area contributed by atoms with Gasteiger partial charge in [-0.2, -0.15) is 13.2 Å². The molecule has 2 amide bonds. The van der Waals surface area contributed by atoms with Gasteiger partial charge in [-0.05, 0) is 38.0 Å². The SMILES string of the molecule is C=C(C)/N=C\C(=C/N)C(=O)NC1(C(=O)NCc2ncc(Nc3ccc(F)cc3C(F)(F)F)cc2F)CC1. The molecule has 1 aliphatic rings. The Morgan fingerprint density at radius 1 is 1.24 bits per heavy atom. The molecule has 2 aromatic rings. The van der Waals surface area contributed by atoms with Crippen molar-refractivity contribution in [3.8, 4) is 0 Å². The fourth-order valence-electron chi connectivity index (χ4n) is 3.19. The molecule has 3 rings (SSSR count). The summed E-state index contributed by atoms with van der Waals surface area (Å²) in [6.07, 6.45) is -0.830.